The van der Waals surface area contributed by atoms with Crippen LogP contribution in [-0.4, -0.2) is 12.1 Å². The van der Waals surface area contributed by atoms with E-state index in [0.29, 0.717) is 12.1 Å². The van der Waals surface area contributed by atoms with E-state index in [9.17, 15) is 0 Å². The molecule has 1 saturated heterocycles. The monoisotopic (exact) mass is 210 g/mol. The standard InChI is InChI=1S/C14H14N2/c15-10-11-4-6-14(7-5-11)16-12-2-1-3-13(16)9-8-12/h1-2,4-7,12-13H,3,8-9H2. The first-order valence-corrected chi connectivity index (χ1v) is 5.83. The van der Waals surface area contributed by atoms with Gasteiger partial charge in [-0.3, -0.25) is 0 Å². The molecule has 2 aliphatic rings. The number of rotatable bonds is 1. The Kier molecular flexibility index (Phi) is 2.18. The lowest BCUT2D eigenvalue weighted by Gasteiger charge is -2.33. The fraction of sp³-hybridized carbons (Fsp3) is 0.357. The van der Waals surface area contributed by atoms with Crippen molar-refractivity contribution in [1.29, 1.82) is 5.26 Å². The van der Waals surface area contributed by atoms with E-state index in [1.54, 1.807) is 0 Å². The third-order valence-corrected chi connectivity index (χ3v) is 3.61. The van der Waals surface area contributed by atoms with Crippen molar-refractivity contribution < 1.29 is 0 Å². The Labute approximate surface area is 95.8 Å². The second-order valence-electron chi connectivity index (χ2n) is 4.53. The summed E-state index contributed by atoms with van der Waals surface area (Å²) >= 11 is 0. The summed E-state index contributed by atoms with van der Waals surface area (Å²) < 4.78 is 0. The summed E-state index contributed by atoms with van der Waals surface area (Å²) in [5.41, 5.74) is 2.00. The lowest BCUT2D eigenvalue weighted by atomic mass is 10.1. The molecule has 2 atom stereocenters. The first kappa shape index (κ1) is 9.47. The van der Waals surface area contributed by atoms with Gasteiger partial charge in [0.15, 0.2) is 0 Å². The average molecular weight is 210 g/mol. The number of fused-ring (bicyclic) bond motifs is 2. The molecule has 1 fully saturated rings. The van der Waals surface area contributed by atoms with Crippen molar-refractivity contribution in [3.05, 3.63) is 42.0 Å². The molecule has 2 bridgehead atoms. The lowest BCUT2D eigenvalue weighted by Crippen LogP contribution is -2.37. The third-order valence-electron chi connectivity index (χ3n) is 3.61. The molecule has 3 rings (SSSR count). The maximum absolute atomic E-state index is 8.78. The quantitative estimate of drug-likeness (QED) is 0.666. The van der Waals surface area contributed by atoms with Crippen LogP contribution in [-0.2, 0) is 0 Å². The molecule has 0 spiro atoms. The van der Waals surface area contributed by atoms with Crippen molar-refractivity contribution in [2.75, 3.05) is 4.90 Å². The molecule has 1 aromatic rings. The van der Waals surface area contributed by atoms with E-state index in [0.717, 1.165) is 12.0 Å². The van der Waals surface area contributed by atoms with Crippen LogP contribution in [0, 0.1) is 11.3 Å². The number of benzene rings is 1. The molecular formula is C14H14N2. The summed E-state index contributed by atoms with van der Waals surface area (Å²) in [5, 5.41) is 8.78. The number of nitriles is 1. The van der Waals surface area contributed by atoms with E-state index in [2.05, 4.69) is 35.3 Å². The topological polar surface area (TPSA) is 27.0 Å². The molecule has 0 radical (unpaired) electrons. The van der Waals surface area contributed by atoms with Gasteiger partial charge in [0, 0.05) is 17.8 Å². The van der Waals surface area contributed by atoms with Gasteiger partial charge in [0.2, 0.25) is 0 Å². The molecule has 0 amide bonds. The van der Waals surface area contributed by atoms with Gasteiger partial charge in [-0.25, -0.2) is 0 Å². The molecule has 16 heavy (non-hydrogen) atoms. The van der Waals surface area contributed by atoms with Crippen LogP contribution in [0.5, 0.6) is 0 Å². The highest BCUT2D eigenvalue weighted by Gasteiger charge is 2.33. The Morgan fingerprint density at radius 3 is 2.69 bits per heavy atom. The largest absolute Gasteiger partial charge is 0.362 e. The van der Waals surface area contributed by atoms with Crippen molar-refractivity contribution in [3.63, 3.8) is 0 Å². The fourth-order valence-corrected chi connectivity index (χ4v) is 2.84. The van der Waals surface area contributed by atoms with Gasteiger partial charge in [0.05, 0.1) is 11.6 Å². The van der Waals surface area contributed by atoms with Gasteiger partial charge in [-0.05, 0) is 43.5 Å². The minimum atomic E-state index is 0.576. The minimum absolute atomic E-state index is 0.576. The Balaban J connectivity index is 1.93. The second-order valence-corrected chi connectivity index (χ2v) is 4.53. The van der Waals surface area contributed by atoms with Gasteiger partial charge in [-0.15, -0.1) is 0 Å². The van der Waals surface area contributed by atoms with Crippen LogP contribution < -0.4 is 4.90 Å². The maximum atomic E-state index is 8.78. The number of anilines is 1. The van der Waals surface area contributed by atoms with E-state index in [-0.39, 0.29) is 0 Å². The lowest BCUT2D eigenvalue weighted by molar-refractivity contribution is 0.649. The summed E-state index contributed by atoms with van der Waals surface area (Å²) in [7, 11) is 0. The van der Waals surface area contributed by atoms with Crippen LogP contribution in [0.3, 0.4) is 0 Å². The molecule has 2 unspecified atom stereocenters. The average Bonchev–Trinajstić information content (AvgIpc) is 2.59. The van der Waals surface area contributed by atoms with Crippen LogP contribution >= 0.6 is 0 Å². The smallest absolute Gasteiger partial charge is 0.0991 e. The Morgan fingerprint density at radius 1 is 1.19 bits per heavy atom. The summed E-state index contributed by atoms with van der Waals surface area (Å²) in [5.74, 6) is 0. The summed E-state index contributed by atoms with van der Waals surface area (Å²) in [6.45, 7) is 0. The van der Waals surface area contributed by atoms with Crippen LogP contribution in [0.2, 0.25) is 0 Å². The third kappa shape index (κ3) is 1.40. The Bertz CT molecular complexity index is 453. The molecular weight excluding hydrogens is 196 g/mol. The first-order valence-electron chi connectivity index (χ1n) is 5.83. The predicted octanol–water partition coefficient (Wildman–Crippen LogP) is 2.86. The summed E-state index contributed by atoms with van der Waals surface area (Å²) in [6, 6.07) is 11.4. The SMILES string of the molecule is N#Cc1ccc(N2C3C=CCC2CC3)cc1. The highest BCUT2D eigenvalue weighted by Crippen LogP contribution is 2.35. The van der Waals surface area contributed by atoms with Crippen LogP contribution in [0.15, 0.2) is 36.4 Å². The van der Waals surface area contributed by atoms with Crippen molar-refractivity contribution in [3.8, 4) is 6.07 Å². The van der Waals surface area contributed by atoms with Gasteiger partial charge in [-0.2, -0.15) is 5.26 Å². The van der Waals surface area contributed by atoms with Gasteiger partial charge >= 0.3 is 0 Å². The molecule has 0 N–H and O–H groups in total. The van der Waals surface area contributed by atoms with Crippen molar-refractivity contribution in [1.82, 2.24) is 0 Å². The predicted molar refractivity (Wildman–Crippen MR) is 64.2 cm³/mol. The molecule has 2 heterocycles. The molecule has 2 aliphatic heterocycles. The van der Waals surface area contributed by atoms with Gasteiger partial charge in [0.1, 0.15) is 0 Å². The zero-order valence-electron chi connectivity index (χ0n) is 9.13. The number of hydrogen-bond acceptors (Lipinski definition) is 2. The van der Waals surface area contributed by atoms with E-state index >= 15 is 0 Å². The van der Waals surface area contributed by atoms with Gasteiger partial charge in [-0.1, -0.05) is 12.2 Å². The molecule has 80 valence electrons. The molecule has 2 heteroatoms. The van der Waals surface area contributed by atoms with Crippen molar-refractivity contribution in [2.24, 2.45) is 0 Å². The number of nitrogens with zero attached hydrogens (tertiary/aromatic N) is 2. The van der Waals surface area contributed by atoms with Crippen LogP contribution in [0.1, 0.15) is 24.8 Å². The van der Waals surface area contributed by atoms with E-state index < -0.39 is 0 Å². The normalized spacial score (nSPS) is 26.8. The highest BCUT2D eigenvalue weighted by molar-refractivity contribution is 5.54. The van der Waals surface area contributed by atoms with E-state index in [1.807, 2.05) is 12.1 Å². The van der Waals surface area contributed by atoms with Crippen molar-refractivity contribution >= 4 is 5.69 Å². The first-order chi connectivity index (χ1) is 7.88. The molecule has 2 nitrogen and oxygen atoms in total. The molecule has 0 aromatic heterocycles. The maximum Gasteiger partial charge on any atom is 0.0991 e. The van der Waals surface area contributed by atoms with E-state index in [4.69, 9.17) is 5.26 Å². The second kappa shape index (κ2) is 3.68. The molecule has 0 aliphatic carbocycles. The fourth-order valence-electron chi connectivity index (χ4n) is 2.84. The Morgan fingerprint density at radius 2 is 2.00 bits per heavy atom. The highest BCUT2D eigenvalue weighted by atomic mass is 15.2. The minimum Gasteiger partial charge on any atom is -0.362 e. The van der Waals surface area contributed by atoms with Crippen LogP contribution in [0.4, 0.5) is 5.69 Å². The Hall–Kier alpha value is -1.75. The van der Waals surface area contributed by atoms with Gasteiger partial charge < -0.3 is 4.90 Å². The van der Waals surface area contributed by atoms with Crippen LogP contribution in [0.25, 0.3) is 0 Å². The van der Waals surface area contributed by atoms with Gasteiger partial charge in [0.25, 0.3) is 0 Å². The number of hydrogen-bond donors (Lipinski definition) is 0. The summed E-state index contributed by atoms with van der Waals surface area (Å²) in [4.78, 5) is 2.50. The van der Waals surface area contributed by atoms with Crippen molar-refractivity contribution in [2.45, 2.75) is 31.3 Å². The zero-order valence-corrected chi connectivity index (χ0v) is 9.13. The van der Waals surface area contributed by atoms with E-state index in [1.165, 1.54) is 18.5 Å². The molecule has 1 aromatic carbocycles. The summed E-state index contributed by atoms with van der Waals surface area (Å²) in [6.07, 6.45) is 8.35. The molecule has 0 saturated carbocycles. The zero-order chi connectivity index (χ0) is 11.0.